The number of hydrogen-bond acceptors (Lipinski definition) is 8. The number of piperazine rings is 1. The fraction of sp³-hybridized carbons (Fsp3) is 0.211. The smallest absolute Gasteiger partial charge is 0.225 e. The van der Waals surface area contributed by atoms with Crippen molar-refractivity contribution in [3.05, 3.63) is 55.2 Å². The van der Waals surface area contributed by atoms with Crippen molar-refractivity contribution in [1.29, 1.82) is 0 Å². The molecule has 0 N–H and O–H groups in total. The number of nitrogens with zero attached hydrogens (tertiary/aromatic N) is 7. The molecule has 0 atom stereocenters. The van der Waals surface area contributed by atoms with E-state index in [0.29, 0.717) is 0 Å². The van der Waals surface area contributed by atoms with Gasteiger partial charge in [0.05, 0.1) is 16.6 Å². The molecular formula is C19H17N7S. The summed E-state index contributed by atoms with van der Waals surface area (Å²) in [6, 6.07) is 7.87. The summed E-state index contributed by atoms with van der Waals surface area (Å²) in [5, 5.41) is 1.06. The second-order valence-corrected chi connectivity index (χ2v) is 7.31. The highest BCUT2D eigenvalue weighted by Gasteiger charge is 2.21. The van der Waals surface area contributed by atoms with Crippen LogP contribution in [0, 0.1) is 0 Å². The lowest BCUT2D eigenvalue weighted by atomic mass is 10.2. The summed E-state index contributed by atoms with van der Waals surface area (Å²) < 4.78 is 1.18. The van der Waals surface area contributed by atoms with Crippen LogP contribution in [-0.2, 0) is 0 Å². The lowest BCUT2D eigenvalue weighted by molar-refractivity contribution is 0.639. The maximum absolute atomic E-state index is 4.73. The van der Waals surface area contributed by atoms with Crippen LogP contribution in [0.2, 0.25) is 0 Å². The van der Waals surface area contributed by atoms with Crippen molar-refractivity contribution < 1.29 is 0 Å². The number of aromatic nitrogens is 5. The molecule has 4 aromatic rings. The average Bonchev–Trinajstić information content (AvgIpc) is 3.19. The number of thiazole rings is 1. The maximum atomic E-state index is 4.73. The molecular weight excluding hydrogens is 358 g/mol. The molecule has 0 aromatic carbocycles. The topological polar surface area (TPSA) is 70.9 Å². The van der Waals surface area contributed by atoms with Crippen molar-refractivity contribution in [3.8, 4) is 11.3 Å². The van der Waals surface area contributed by atoms with Crippen LogP contribution in [0.3, 0.4) is 0 Å². The Hall–Kier alpha value is -3.13. The van der Waals surface area contributed by atoms with E-state index in [9.17, 15) is 0 Å². The molecule has 0 saturated carbocycles. The van der Waals surface area contributed by atoms with Gasteiger partial charge in [-0.05, 0) is 24.3 Å². The molecule has 27 heavy (non-hydrogen) atoms. The van der Waals surface area contributed by atoms with Gasteiger partial charge in [0.25, 0.3) is 0 Å². The molecule has 0 spiro atoms. The standard InChI is InChI=1S/C19H17N7S/c1-2-14(12-20-5-1)15-3-7-22-18(23-15)25-8-10-26(11-9-25)19-24-16-13-21-6-4-17(16)27-19/h1-7,12-13H,8-11H2. The Bertz CT molecular complexity index is 1020. The number of fused-ring (bicyclic) bond motifs is 1. The van der Waals surface area contributed by atoms with E-state index in [4.69, 9.17) is 9.97 Å². The Morgan fingerprint density at radius 3 is 2.48 bits per heavy atom. The average molecular weight is 375 g/mol. The van der Waals surface area contributed by atoms with E-state index < -0.39 is 0 Å². The minimum absolute atomic E-state index is 0.768. The Morgan fingerprint density at radius 1 is 0.815 bits per heavy atom. The second kappa shape index (κ2) is 6.88. The molecule has 5 heterocycles. The Kier molecular flexibility index (Phi) is 4.10. The van der Waals surface area contributed by atoms with Crippen LogP contribution in [0.25, 0.3) is 21.5 Å². The largest absolute Gasteiger partial charge is 0.345 e. The summed E-state index contributed by atoms with van der Waals surface area (Å²) in [5.41, 5.74) is 2.87. The van der Waals surface area contributed by atoms with Crippen LogP contribution in [0.5, 0.6) is 0 Å². The molecule has 5 rings (SSSR count). The molecule has 1 aliphatic rings. The molecule has 0 radical (unpaired) electrons. The summed E-state index contributed by atoms with van der Waals surface area (Å²) in [4.78, 5) is 26.8. The lowest BCUT2D eigenvalue weighted by Gasteiger charge is -2.34. The highest BCUT2D eigenvalue weighted by atomic mass is 32.1. The fourth-order valence-electron chi connectivity index (χ4n) is 3.18. The Labute approximate surface area is 160 Å². The third kappa shape index (κ3) is 3.19. The number of pyridine rings is 2. The van der Waals surface area contributed by atoms with Crippen molar-refractivity contribution in [2.75, 3.05) is 36.0 Å². The van der Waals surface area contributed by atoms with Crippen LogP contribution in [0.4, 0.5) is 11.1 Å². The molecule has 7 nitrogen and oxygen atoms in total. The molecule has 0 bridgehead atoms. The minimum Gasteiger partial charge on any atom is -0.345 e. The summed E-state index contributed by atoms with van der Waals surface area (Å²) in [7, 11) is 0. The van der Waals surface area contributed by atoms with Crippen molar-refractivity contribution >= 4 is 32.6 Å². The summed E-state index contributed by atoms with van der Waals surface area (Å²) in [5.74, 6) is 0.768. The number of rotatable bonds is 3. The minimum atomic E-state index is 0.768. The van der Waals surface area contributed by atoms with Crippen LogP contribution in [-0.4, -0.2) is 51.1 Å². The molecule has 8 heteroatoms. The van der Waals surface area contributed by atoms with E-state index in [1.54, 1.807) is 17.5 Å². The van der Waals surface area contributed by atoms with Gasteiger partial charge < -0.3 is 9.80 Å². The van der Waals surface area contributed by atoms with Crippen molar-refractivity contribution in [2.24, 2.45) is 0 Å². The lowest BCUT2D eigenvalue weighted by Crippen LogP contribution is -2.47. The van der Waals surface area contributed by atoms with Gasteiger partial charge >= 0.3 is 0 Å². The third-order valence-electron chi connectivity index (χ3n) is 4.61. The van der Waals surface area contributed by atoms with Gasteiger partial charge in [0.2, 0.25) is 5.95 Å². The van der Waals surface area contributed by atoms with Crippen LogP contribution >= 0.6 is 11.3 Å². The number of hydrogen-bond donors (Lipinski definition) is 0. The third-order valence-corrected chi connectivity index (χ3v) is 5.71. The quantitative estimate of drug-likeness (QED) is 0.545. The van der Waals surface area contributed by atoms with Crippen molar-refractivity contribution in [1.82, 2.24) is 24.9 Å². The fourth-order valence-corrected chi connectivity index (χ4v) is 4.16. The van der Waals surface area contributed by atoms with E-state index in [1.807, 2.05) is 49.1 Å². The Morgan fingerprint density at radius 2 is 1.67 bits per heavy atom. The molecule has 0 aliphatic carbocycles. The Balaban J connectivity index is 1.32. The first kappa shape index (κ1) is 16.1. The summed E-state index contributed by atoms with van der Waals surface area (Å²) >= 11 is 1.72. The molecule has 0 unspecified atom stereocenters. The predicted octanol–water partition coefficient (Wildman–Crippen LogP) is 2.87. The van der Waals surface area contributed by atoms with E-state index in [1.165, 1.54) is 4.70 Å². The van der Waals surface area contributed by atoms with Gasteiger partial charge in [-0.2, -0.15) is 0 Å². The molecule has 1 aliphatic heterocycles. The van der Waals surface area contributed by atoms with E-state index in [2.05, 4.69) is 24.8 Å². The van der Waals surface area contributed by atoms with Gasteiger partial charge in [-0.25, -0.2) is 15.0 Å². The molecule has 1 fully saturated rings. The normalized spacial score (nSPS) is 14.7. The zero-order valence-electron chi connectivity index (χ0n) is 14.6. The van der Waals surface area contributed by atoms with E-state index in [0.717, 1.165) is 54.0 Å². The van der Waals surface area contributed by atoms with E-state index in [-0.39, 0.29) is 0 Å². The van der Waals surface area contributed by atoms with Crippen LogP contribution in [0.15, 0.2) is 55.2 Å². The highest BCUT2D eigenvalue weighted by Crippen LogP contribution is 2.29. The zero-order valence-corrected chi connectivity index (χ0v) is 15.4. The summed E-state index contributed by atoms with van der Waals surface area (Å²) in [6.45, 7) is 3.52. The molecule has 1 saturated heterocycles. The molecule has 4 aromatic heterocycles. The van der Waals surface area contributed by atoms with Crippen molar-refractivity contribution in [3.63, 3.8) is 0 Å². The molecule has 0 amide bonds. The van der Waals surface area contributed by atoms with Gasteiger partial charge in [0, 0.05) is 56.5 Å². The van der Waals surface area contributed by atoms with Crippen molar-refractivity contribution in [2.45, 2.75) is 0 Å². The first-order valence-corrected chi connectivity index (χ1v) is 9.62. The second-order valence-electron chi connectivity index (χ2n) is 6.30. The maximum Gasteiger partial charge on any atom is 0.225 e. The number of anilines is 2. The predicted molar refractivity (Wildman–Crippen MR) is 107 cm³/mol. The highest BCUT2D eigenvalue weighted by molar-refractivity contribution is 7.22. The van der Waals surface area contributed by atoms with Gasteiger partial charge in [0.1, 0.15) is 5.52 Å². The first-order valence-electron chi connectivity index (χ1n) is 8.81. The van der Waals surface area contributed by atoms with Gasteiger partial charge in [-0.1, -0.05) is 11.3 Å². The van der Waals surface area contributed by atoms with Gasteiger partial charge in [0.15, 0.2) is 5.13 Å². The van der Waals surface area contributed by atoms with Gasteiger partial charge in [-0.3, -0.25) is 9.97 Å². The zero-order chi connectivity index (χ0) is 18.1. The van der Waals surface area contributed by atoms with Crippen LogP contribution < -0.4 is 9.80 Å². The molecule has 134 valence electrons. The summed E-state index contributed by atoms with van der Waals surface area (Å²) in [6.07, 6.45) is 9.05. The van der Waals surface area contributed by atoms with E-state index >= 15 is 0 Å². The first-order chi connectivity index (χ1) is 13.4. The van der Waals surface area contributed by atoms with Crippen LogP contribution in [0.1, 0.15) is 0 Å². The van der Waals surface area contributed by atoms with Gasteiger partial charge in [-0.15, -0.1) is 0 Å². The SMILES string of the molecule is c1cncc(-c2ccnc(N3CCN(c4nc5cnccc5s4)CC3)n2)c1. The monoisotopic (exact) mass is 375 g/mol.